The number of allylic oxidation sites excluding steroid dienone is 2. The smallest absolute Gasteiger partial charge is 0.257 e. The van der Waals surface area contributed by atoms with Gasteiger partial charge in [-0.2, -0.15) is 0 Å². The molecule has 0 aliphatic rings. The van der Waals surface area contributed by atoms with Crippen molar-refractivity contribution in [2.45, 2.75) is 33.4 Å². The summed E-state index contributed by atoms with van der Waals surface area (Å²) in [5.41, 5.74) is 3.16. The van der Waals surface area contributed by atoms with Crippen LogP contribution in [0.3, 0.4) is 0 Å². The third kappa shape index (κ3) is 8.41. The van der Waals surface area contributed by atoms with Crippen molar-refractivity contribution in [1.82, 2.24) is 10.6 Å². The molecule has 2 atom stereocenters. The summed E-state index contributed by atoms with van der Waals surface area (Å²) >= 11 is 6.16. The summed E-state index contributed by atoms with van der Waals surface area (Å²) < 4.78 is 40.5. The molecule has 0 heterocycles. The van der Waals surface area contributed by atoms with Crippen LogP contribution < -0.4 is 10.6 Å². The maximum Gasteiger partial charge on any atom is 0.257 e. The summed E-state index contributed by atoms with van der Waals surface area (Å²) in [5.74, 6) is -2.13. The van der Waals surface area contributed by atoms with E-state index >= 15 is 0 Å². The Morgan fingerprint density at radius 2 is 1.52 bits per heavy atom. The van der Waals surface area contributed by atoms with Gasteiger partial charge in [0, 0.05) is 28.3 Å². The van der Waals surface area contributed by atoms with E-state index in [1.165, 1.54) is 54.6 Å². The summed E-state index contributed by atoms with van der Waals surface area (Å²) in [7, 11) is 0. The van der Waals surface area contributed by atoms with Crippen molar-refractivity contribution in [2.24, 2.45) is 10.9 Å². The fraction of sp³-hybridized carbons (Fsp3) is 0.194. The van der Waals surface area contributed by atoms with Crippen molar-refractivity contribution in [2.75, 3.05) is 0 Å². The molecule has 0 saturated heterocycles. The lowest BCUT2D eigenvalue weighted by Gasteiger charge is -2.22. The van der Waals surface area contributed by atoms with E-state index in [0.29, 0.717) is 16.8 Å². The van der Waals surface area contributed by atoms with Gasteiger partial charge in [0.15, 0.2) is 5.96 Å². The number of carbonyl (C=O) groups is 1. The number of aliphatic imine (C=N–C) groups is 1. The van der Waals surface area contributed by atoms with Gasteiger partial charge in [-0.3, -0.25) is 10.1 Å². The van der Waals surface area contributed by atoms with Gasteiger partial charge >= 0.3 is 0 Å². The predicted octanol–water partition coefficient (Wildman–Crippen LogP) is 7.34. The quantitative estimate of drug-likeness (QED) is 0.187. The average molecular weight is 567 g/mol. The maximum atomic E-state index is 13.6. The molecule has 0 saturated carbocycles. The zero-order valence-electron chi connectivity index (χ0n) is 22.4. The van der Waals surface area contributed by atoms with Crippen LogP contribution in [0.5, 0.6) is 0 Å². The number of hydrogen-bond donors (Lipinski definition) is 3. The molecule has 5 nitrogen and oxygen atoms in total. The second kappa shape index (κ2) is 13.8. The van der Waals surface area contributed by atoms with Gasteiger partial charge in [-0.25, -0.2) is 18.2 Å². The number of nitrogens with one attached hydrogen (secondary N) is 3. The molecule has 0 aromatic heterocycles. The van der Waals surface area contributed by atoms with Crippen molar-refractivity contribution in [1.29, 1.82) is 5.41 Å². The summed E-state index contributed by atoms with van der Waals surface area (Å²) in [4.78, 5) is 17.4. The number of halogens is 4. The fourth-order valence-corrected chi connectivity index (χ4v) is 4.13. The minimum absolute atomic E-state index is 0.0309. The Morgan fingerprint density at radius 3 is 2.08 bits per heavy atom. The second-order valence-corrected chi connectivity index (χ2v) is 9.75. The van der Waals surface area contributed by atoms with Crippen LogP contribution in [0, 0.1) is 28.8 Å². The first kappa shape index (κ1) is 30.4. The van der Waals surface area contributed by atoms with Crippen molar-refractivity contribution in [3.05, 3.63) is 124 Å². The Kier molecular flexibility index (Phi) is 10.4. The molecule has 3 aromatic rings. The first-order valence-corrected chi connectivity index (χ1v) is 12.9. The van der Waals surface area contributed by atoms with Gasteiger partial charge in [-0.05, 0) is 84.7 Å². The van der Waals surface area contributed by atoms with Gasteiger partial charge in [0.25, 0.3) is 5.91 Å². The molecule has 1 amide bonds. The molecule has 0 radical (unpaired) electrons. The van der Waals surface area contributed by atoms with Gasteiger partial charge in [-0.15, -0.1) is 0 Å². The zero-order chi connectivity index (χ0) is 29.4. The van der Waals surface area contributed by atoms with E-state index in [9.17, 15) is 18.0 Å². The van der Waals surface area contributed by atoms with Gasteiger partial charge in [-0.1, -0.05) is 49.4 Å². The SMILES string of the molecule is C=C(C)C(=N)C(C)/C(=C\C(C)NC(=NCc1ccc(F)cc1Cl)NC(=O)c1ccc(F)cc1)c1ccc(F)cc1. The topological polar surface area (TPSA) is 77.3 Å². The lowest BCUT2D eigenvalue weighted by Crippen LogP contribution is -2.44. The Labute approximate surface area is 237 Å². The van der Waals surface area contributed by atoms with E-state index in [-0.39, 0.29) is 34.8 Å². The first-order valence-electron chi connectivity index (χ1n) is 12.5. The van der Waals surface area contributed by atoms with E-state index in [4.69, 9.17) is 17.0 Å². The summed E-state index contributed by atoms with van der Waals surface area (Å²) in [6.07, 6.45) is 1.86. The predicted molar refractivity (Wildman–Crippen MR) is 155 cm³/mol. The van der Waals surface area contributed by atoms with E-state index in [1.54, 1.807) is 19.1 Å². The molecule has 3 rings (SSSR count). The summed E-state index contributed by atoms with van der Waals surface area (Å²) in [6.45, 7) is 9.34. The second-order valence-electron chi connectivity index (χ2n) is 9.34. The largest absolute Gasteiger partial charge is 0.350 e. The van der Waals surface area contributed by atoms with Gasteiger partial charge in [0.05, 0.1) is 6.54 Å². The Hall–Kier alpha value is -4.17. The number of carbonyl (C=O) groups excluding carboxylic acids is 1. The number of guanidine groups is 1. The molecular formula is C31H30ClF3N4O. The number of hydrogen-bond acceptors (Lipinski definition) is 3. The van der Waals surface area contributed by atoms with E-state index in [0.717, 1.165) is 11.1 Å². The minimum atomic E-state index is -0.524. The Balaban J connectivity index is 1.94. The number of amides is 1. The van der Waals surface area contributed by atoms with Crippen molar-refractivity contribution < 1.29 is 18.0 Å². The van der Waals surface area contributed by atoms with Crippen LogP contribution in [0.25, 0.3) is 5.57 Å². The Morgan fingerprint density at radius 1 is 0.975 bits per heavy atom. The molecule has 2 unspecified atom stereocenters. The molecule has 40 heavy (non-hydrogen) atoms. The molecular weight excluding hydrogens is 537 g/mol. The average Bonchev–Trinajstić information content (AvgIpc) is 2.91. The third-order valence-corrected chi connectivity index (χ3v) is 6.44. The lowest BCUT2D eigenvalue weighted by atomic mass is 9.86. The molecule has 9 heteroatoms. The van der Waals surface area contributed by atoms with Crippen LogP contribution in [0.4, 0.5) is 13.2 Å². The summed E-state index contributed by atoms with van der Waals surface area (Å²) in [5, 5.41) is 14.5. The van der Waals surface area contributed by atoms with Crippen LogP contribution >= 0.6 is 11.6 Å². The highest BCUT2D eigenvalue weighted by Crippen LogP contribution is 2.27. The monoisotopic (exact) mass is 566 g/mol. The Bertz CT molecular complexity index is 1450. The van der Waals surface area contributed by atoms with Crippen LogP contribution in [0.2, 0.25) is 5.02 Å². The zero-order valence-corrected chi connectivity index (χ0v) is 23.1. The highest BCUT2D eigenvalue weighted by Gasteiger charge is 2.19. The van der Waals surface area contributed by atoms with Gasteiger partial charge in [0.1, 0.15) is 17.5 Å². The first-order chi connectivity index (χ1) is 18.9. The molecule has 0 fully saturated rings. The van der Waals surface area contributed by atoms with E-state index in [1.807, 2.05) is 19.9 Å². The molecule has 208 valence electrons. The minimum Gasteiger partial charge on any atom is -0.350 e. The van der Waals surface area contributed by atoms with Crippen LogP contribution in [0.15, 0.2) is 90.0 Å². The highest BCUT2D eigenvalue weighted by molar-refractivity contribution is 6.31. The van der Waals surface area contributed by atoms with Crippen molar-refractivity contribution in [3.63, 3.8) is 0 Å². The normalized spacial score (nSPS) is 13.4. The number of benzene rings is 3. The van der Waals surface area contributed by atoms with E-state index in [2.05, 4.69) is 22.2 Å². The highest BCUT2D eigenvalue weighted by atomic mass is 35.5. The van der Waals surface area contributed by atoms with Crippen LogP contribution in [0.1, 0.15) is 42.3 Å². The number of nitrogens with zero attached hydrogens (tertiary/aromatic N) is 1. The lowest BCUT2D eigenvalue weighted by molar-refractivity contribution is 0.0975. The summed E-state index contributed by atoms with van der Waals surface area (Å²) in [6, 6.07) is 14.5. The van der Waals surface area contributed by atoms with Gasteiger partial charge < -0.3 is 10.7 Å². The standard InChI is InChI=1S/C31H30ClF3N4O/c1-18(2)29(36)20(4)27(21-5-10-24(33)11-6-21)15-19(3)38-31(37-17-23-9-14-26(35)16-28(23)32)39-30(40)22-7-12-25(34)13-8-22/h5-16,19-20,36H,1,17H2,2-4H3,(H2,37,38,39,40)/b27-15+,36-29?. The number of rotatable bonds is 9. The van der Waals surface area contributed by atoms with E-state index < -0.39 is 23.6 Å². The third-order valence-electron chi connectivity index (χ3n) is 6.09. The molecule has 3 N–H and O–H groups in total. The van der Waals surface area contributed by atoms with Crippen molar-refractivity contribution >= 4 is 34.8 Å². The molecule has 0 spiro atoms. The van der Waals surface area contributed by atoms with Crippen molar-refractivity contribution in [3.8, 4) is 0 Å². The molecule has 0 aliphatic carbocycles. The fourth-order valence-electron chi connectivity index (χ4n) is 3.90. The molecule has 0 aliphatic heterocycles. The maximum absolute atomic E-state index is 13.6. The van der Waals surface area contributed by atoms with Crippen LogP contribution in [-0.2, 0) is 6.54 Å². The molecule has 0 bridgehead atoms. The molecule has 3 aromatic carbocycles. The van der Waals surface area contributed by atoms with Crippen LogP contribution in [-0.4, -0.2) is 23.6 Å². The van der Waals surface area contributed by atoms with Gasteiger partial charge in [0.2, 0.25) is 0 Å².